The van der Waals surface area contributed by atoms with Gasteiger partial charge in [-0.15, -0.1) is 24.0 Å². The summed E-state index contributed by atoms with van der Waals surface area (Å²) in [6.45, 7) is 5.56. The number of halogens is 2. The summed E-state index contributed by atoms with van der Waals surface area (Å²) in [4.78, 5) is 8.61. The van der Waals surface area contributed by atoms with Crippen LogP contribution in [0.5, 0.6) is 5.88 Å². The lowest BCUT2D eigenvalue weighted by atomic mass is 10.5. The van der Waals surface area contributed by atoms with Gasteiger partial charge in [0, 0.05) is 37.7 Å². The maximum Gasteiger partial charge on any atom is 0.213 e. The van der Waals surface area contributed by atoms with Crippen molar-refractivity contribution >= 4 is 41.5 Å². The van der Waals surface area contributed by atoms with Crippen LogP contribution in [-0.2, 0) is 6.54 Å². The van der Waals surface area contributed by atoms with Crippen molar-refractivity contribution in [3.63, 3.8) is 0 Å². The molecule has 0 aliphatic rings. The average Bonchev–Trinajstić information content (AvgIpc) is 3.06. The Labute approximate surface area is 164 Å². The van der Waals surface area contributed by atoms with Crippen LogP contribution in [0, 0.1) is 0 Å². The first-order valence-corrected chi connectivity index (χ1v) is 8.03. The highest BCUT2D eigenvalue weighted by Gasteiger charge is 1.98. The zero-order chi connectivity index (χ0) is 16.3. The maximum absolute atomic E-state index is 5.78. The number of hydrogen-bond acceptors (Lipinski definition) is 3. The first kappa shape index (κ1) is 20.6. The highest BCUT2D eigenvalue weighted by molar-refractivity contribution is 14.0. The Balaban J connectivity index is 0.00000288. The number of nitrogens with one attached hydrogen (secondary N) is 2. The van der Waals surface area contributed by atoms with E-state index in [1.165, 1.54) is 0 Å². The Kier molecular flexibility index (Phi) is 10.3. The Hall–Kier alpha value is -1.48. The summed E-state index contributed by atoms with van der Waals surface area (Å²) in [5.74, 6) is 1.35. The zero-order valence-corrected chi connectivity index (χ0v) is 16.7. The largest absolute Gasteiger partial charge is 0.476 e. The van der Waals surface area contributed by atoms with E-state index in [1.54, 1.807) is 18.3 Å². The first-order valence-electron chi connectivity index (χ1n) is 7.65. The van der Waals surface area contributed by atoms with Crippen LogP contribution in [0.25, 0.3) is 0 Å². The highest BCUT2D eigenvalue weighted by Crippen LogP contribution is 2.10. The van der Waals surface area contributed by atoms with Gasteiger partial charge in [-0.25, -0.2) is 4.98 Å². The van der Waals surface area contributed by atoms with Crippen LogP contribution in [0.15, 0.2) is 47.8 Å². The molecule has 0 aliphatic carbocycles. The fourth-order valence-corrected chi connectivity index (χ4v) is 2.02. The number of guanidine groups is 1. The van der Waals surface area contributed by atoms with Gasteiger partial charge in [-0.1, -0.05) is 11.6 Å². The number of aliphatic imine (C=N–C) groups is 1. The second-order valence-electron chi connectivity index (χ2n) is 4.77. The van der Waals surface area contributed by atoms with Crippen LogP contribution in [0.2, 0.25) is 5.02 Å². The molecular formula is C16H23ClIN5O. The summed E-state index contributed by atoms with van der Waals surface area (Å²) in [6.07, 6.45) is 5.63. The van der Waals surface area contributed by atoms with Crippen molar-refractivity contribution in [2.75, 3.05) is 26.2 Å². The maximum atomic E-state index is 5.78. The Morgan fingerprint density at radius 1 is 1.29 bits per heavy atom. The lowest BCUT2D eigenvalue weighted by molar-refractivity contribution is 0.309. The van der Waals surface area contributed by atoms with Gasteiger partial charge < -0.3 is 19.9 Å². The molecule has 2 rings (SSSR count). The summed E-state index contributed by atoms with van der Waals surface area (Å²) in [6, 6.07) is 7.52. The van der Waals surface area contributed by atoms with Crippen molar-refractivity contribution in [2.24, 2.45) is 4.99 Å². The molecule has 2 aromatic heterocycles. The SMILES string of the molecule is CCNC(=NCCn1cccc1)NCCOc1ccc(Cl)cn1.I. The molecule has 0 amide bonds. The molecule has 6 nitrogen and oxygen atoms in total. The quantitative estimate of drug-likeness (QED) is 0.273. The molecule has 0 aliphatic heterocycles. The van der Waals surface area contributed by atoms with Crippen LogP contribution >= 0.6 is 35.6 Å². The van der Waals surface area contributed by atoms with E-state index in [0.717, 1.165) is 19.0 Å². The standard InChI is InChI=1S/C16H22ClN5O.HI/c1-2-18-16(19-7-11-22-9-3-4-10-22)20-8-12-23-15-6-5-14(17)13-21-15;/h3-6,9-10,13H,2,7-8,11-12H2,1H3,(H2,18,19,20);1H. The molecule has 24 heavy (non-hydrogen) atoms. The molecule has 132 valence electrons. The van der Waals surface area contributed by atoms with E-state index in [0.29, 0.717) is 30.6 Å². The third-order valence-electron chi connectivity index (χ3n) is 2.98. The molecule has 0 unspecified atom stereocenters. The minimum atomic E-state index is 0. The van der Waals surface area contributed by atoms with Gasteiger partial charge in [0.25, 0.3) is 0 Å². The molecule has 8 heteroatoms. The van der Waals surface area contributed by atoms with Crippen LogP contribution in [-0.4, -0.2) is 41.8 Å². The van der Waals surface area contributed by atoms with Gasteiger partial charge in [0.1, 0.15) is 6.61 Å². The summed E-state index contributed by atoms with van der Waals surface area (Å²) >= 11 is 5.78. The van der Waals surface area contributed by atoms with Gasteiger partial charge in [-0.3, -0.25) is 4.99 Å². The van der Waals surface area contributed by atoms with Crippen molar-refractivity contribution < 1.29 is 4.74 Å². The normalized spacial score (nSPS) is 10.8. The lowest BCUT2D eigenvalue weighted by Crippen LogP contribution is -2.39. The van der Waals surface area contributed by atoms with Crippen molar-refractivity contribution in [2.45, 2.75) is 13.5 Å². The summed E-state index contributed by atoms with van der Waals surface area (Å²) < 4.78 is 7.63. The summed E-state index contributed by atoms with van der Waals surface area (Å²) in [5, 5.41) is 7.04. The van der Waals surface area contributed by atoms with Gasteiger partial charge in [-0.2, -0.15) is 0 Å². The molecule has 0 saturated carbocycles. The van der Waals surface area contributed by atoms with Crippen molar-refractivity contribution in [1.82, 2.24) is 20.2 Å². The van der Waals surface area contributed by atoms with E-state index in [4.69, 9.17) is 16.3 Å². The molecule has 0 atom stereocenters. The Bertz CT molecular complexity index is 589. The molecule has 0 aromatic carbocycles. The van der Waals surface area contributed by atoms with Gasteiger partial charge in [0.15, 0.2) is 5.96 Å². The van der Waals surface area contributed by atoms with E-state index in [1.807, 2.05) is 31.5 Å². The van der Waals surface area contributed by atoms with Crippen molar-refractivity contribution in [1.29, 1.82) is 0 Å². The first-order chi connectivity index (χ1) is 11.3. The van der Waals surface area contributed by atoms with E-state index in [9.17, 15) is 0 Å². The third kappa shape index (κ3) is 7.87. The molecule has 0 bridgehead atoms. The Morgan fingerprint density at radius 3 is 2.75 bits per heavy atom. The monoisotopic (exact) mass is 463 g/mol. The molecule has 2 aromatic rings. The number of rotatable bonds is 8. The van der Waals surface area contributed by atoms with E-state index in [2.05, 4.69) is 25.2 Å². The summed E-state index contributed by atoms with van der Waals surface area (Å²) in [7, 11) is 0. The number of ether oxygens (including phenoxy) is 1. The van der Waals surface area contributed by atoms with Crippen LogP contribution in [0.3, 0.4) is 0 Å². The van der Waals surface area contributed by atoms with Crippen LogP contribution in [0.4, 0.5) is 0 Å². The topological polar surface area (TPSA) is 63.5 Å². The minimum Gasteiger partial charge on any atom is -0.476 e. The second-order valence-corrected chi connectivity index (χ2v) is 5.21. The highest BCUT2D eigenvalue weighted by atomic mass is 127. The smallest absolute Gasteiger partial charge is 0.213 e. The average molecular weight is 464 g/mol. The van der Waals surface area contributed by atoms with Crippen LogP contribution in [0.1, 0.15) is 6.92 Å². The predicted octanol–water partition coefficient (Wildman–Crippen LogP) is 2.79. The van der Waals surface area contributed by atoms with Crippen LogP contribution < -0.4 is 15.4 Å². The number of nitrogens with zero attached hydrogens (tertiary/aromatic N) is 3. The van der Waals surface area contributed by atoms with Gasteiger partial charge in [0.05, 0.1) is 18.1 Å². The zero-order valence-electron chi connectivity index (χ0n) is 13.6. The summed E-state index contributed by atoms with van der Waals surface area (Å²) in [5.41, 5.74) is 0. The van der Waals surface area contributed by atoms with E-state index in [-0.39, 0.29) is 24.0 Å². The van der Waals surface area contributed by atoms with E-state index < -0.39 is 0 Å². The van der Waals surface area contributed by atoms with E-state index >= 15 is 0 Å². The fraction of sp³-hybridized carbons (Fsp3) is 0.375. The molecule has 0 fully saturated rings. The van der Waals surface area contributed by atoms with Crippen molar-refractivity contribution in [3.05, 3.63) is 47.9 Å². The molecule has 0 saturated heterocycles. The second kappa shape index (κ2) is 12.0. The van der Waals surface area contributed by atoms with Gasteiger partial charge in [0.2, 0.25) is 5.88 Å². The third-order valence-corrected chi connectivity index (χ3v) is 3.21. The molecule has 2 N–H and O–H groups in total. The van der Waals surface area contributed by atoms with Crippen molar-refractivity contribution in [3.8, 4) is 5.88 Å². The predicted molar refractivity (Wildman–Crippen MR) is 109 cm³/mol. The minimum absolute atomic E-state index is 0. The molecule has 0 spiro atoms. The molecular weight excluding hydrogens is 441 g/mol. The number of pyridine rings is 1. The fourth-order valence-electron chi connectivity index (χ4n) is 1.91. The van der Waals surface area contributed by atoms with Gasteiger partial charge in [-0.05, 0) is 25.1 Å². The Morgan fingerprint density at radius 2 is 2.08 bits per heavy atom. The van der Waals surface area contributed by atoms with Gasteiger partial charge >= 0.3 is 0 Å². The molecule has 0 radical (unpaired) electrons. The molecule has 2 heterocycles. The lowest BCUT2D eigenvalue weighted by Gasteiger charge is -2.12. The number of aromatic nitrogens is 2. The number of hydrogen-bond donors (Lipinski definition) is 2.